The van der Waals surface area contributed by atoms with Crippen LogP contribution in [0.5, 0.6) is 0 Å². The average Bonchev–Trinajstić information content (AvgIpc) is 0.722. The van der Waals surface area contributed by atoms with Crippen LogP contribution in [0.2, 0.25) is 0 Å². The van der Waals surface area contributed by atoms with Gasteiger partial charge in [0.1, 0.15) is 0 Å². The van der Waals surface area contributed by atoms with Gasteiger partial charge in [-0.15, -0.1) is 0 Å². The zero-order valence-corrected chi connectivity index (χ0v) is 8.90. The Morgan fingerprint density at radius 1 is 1.14 bits per heavy atom. The van der Waals surface area contributed by atoms with Gasteiger partial charge in [0.15, 0.2) is 0 Å². The van der Waals surface area contributed by atoms with Gasteiger partial charge in [0, 0.05) is 0 Å². The van der Waals surface area contributed by atoms with Crippen LogP contribution in [0.3, 0.4) is 0 Å². The van der Waals surface area contributed by atoms with E-state index >= 15 is 0 Å². The second-order valence-electron chi connectivity index (χ2n) is 0.481. The van der Waals surface area contributed by atoms with E-state index in [1.807, 2.05) is 0 Å². The van der Waals surface area contributed by atoms with Crippen LogP contribution in [-0.2, 0) is 0 Å². The fraction of sp³-hybridized carbons (Fsp3) is 0. The summed E-state index contributed by atoms with van der Waals surface area (Å²) in [5, 5.41) is 0. The van der Waals surface area contributed by atoms with E-state index in [1.54, 1.807) is 0 Å². The van der Waals surface area contributed by atoms with Crippen LogP contribution in [0.25, 0.3) is 0 Å². The van der Waals surface area contributed by atoms with Crippen LogP contribution < -0.4 is 14.4 Å². The van der Waals surface area contributed by atoms with Crippen LogP contribution in [0.15, 0.2) is 0 Å². The van der Waals surface area contributed by atoms with Gasteiger partial charge in [-0.05, 0) is 0 Å². The first-order valence-corrected chi connectivity index (χ1v) is 3.54. The molecule has 0 N–H and O–H groups in total. The molecule has 0 aromatic rings. The molecule has 0 aromatic heterocycles. The molecule has 0 aliphatic heterocycles. The van der Waals surface area contributed by atoms with E-state index in [0.717, 1.165) is 0 Å². The monoisotopic (exact) mass is 175 g/mol. The molecule has 7 heteroatoms. The Labute approximate surface area is 92.9 Å². The predicted molar refractivity (Wildman–Crippen MR) is 23.1 cm³/mol. The van der Waals surface area contributed by atoms with Crippen molar-refractivity contribution >= 4 is 80.0 Å². The molecule has 0 aliphatic carbocycles. The third kappa shape index (κ3) is 59.4. The molecule has 0 unspecified atom stereocenters. The molecule has 3 nitrogen and oxygen atoms in total. The number of hydrogen-bond acceptors (Lipinski definition) is 3. The SMILES string of the molecule is [Ca+2].[Mg+2].[O-][Si]([O-])([O-])Cl. The van der Waals surface area contributed by atoms with Crippen LogP contribution in [0, 0.1) is 0 Å². The summed E-state index contributed by atoms with van der Waals surface area (Å²) in [5.41, 5.74) is 0. The predicted octanol–water partition coefficient (Wildman–Crippen LogP) is -4.02. The first-order chi connectivity index (χ1) is 2.00. The normalized spacial score (nSPS) is 8.57. The molecule has 0 amide bonds. The molecular weight excluding hydrogens is 176 g/mol. The van der Waals surface area contributed by atoms with Crippen molar-refractivity contribution < 1.29 is 14.4 Å². The van der Waals surface area contributed by atoms with Crippen molar-refractivity contribution in [3.8, 4) is 0 Å². The summed E-state index contributed by atoms with van der Waals surface area (Å²) in [5.74, 6) is 0. The Morgan fingerprint density at radius 2 is 1.14 bits per heavy atom. The first kappa shape index (κ1) is 16.2. The molecule has 0 aliphatic rings. The van der Waals surface area contributed by atoms with Gasteiger partial charge in [0.2, 0.25) is 0 Å². The fourth-order valence-electron chi connectivity index (χ4n) is 0. The minimum atomic E-state index is -4.89. The van der Waals surface area contributed by atoms with E-state index in [1.165, 1.54) is 0 Å². The van der Waals surface area contributed by atoms with Crippen molar-refractivity contribution in [1.82, 2.24) is 0 Å². The average molecular weight is 176 g/mol. The summed E-state index contributed by atoms with van der Waals surface area (Å²) in [6.45, 7) is 0. The zero-order chi connectivity index (χ0) is 4.50. The van der Waals surface area contributed by atoms with Gasteiger partial charge in [-0.1, -0.05) is 0 Å². The quantitative estimate of drug-likeness (QED) is 0.279. The Morgan fingerprint density at radius 3 is 1.14 bits per heavy atom. The molecule has 0 spiro atoms. The molecular formula is CaClMgO3Si+. The van der Waals surface area contributed by atoms with Crippen LogP contribution >= 0.6 is 11.1 Å². The summed E-state index contributed by atoms with van der Waals surface area (Å²) in [4.78, 5) is 26.7. The Kier molecular flexibility index (Phi) is 15.1. The van der Waals surface area contributed by atoms with Gasteiger partial charge in [-0.25, -0.2) is 11.1 Å². The zero-order valence-electron chi connectivity index (χ0n) is 3.52. The molecule has 0 rings (SSSR count). The molecule has 0 bridgehead atoms. The topological polar surface area (TPSA) is 69.2 Å². The molecule has 0 fully saturated rings. The van der Waals surface area contributed by atoms with E-state index in [0.29, 0.717) is 0 Å². The third-order valence-corrected chi connectivity index (χ3v) is 0. The molecule has 0 aromatic carbocycles. The van der Waals surface area contributed by atoms with Crippen molar-refractivity contribution in [2.45, 2.75) is 0 Å². The second-order valence-corrected chi connectivity index (χ2v) is 2.83. The van der Waals surface area contributed by atoms with Crippen molar-refractivity contribution in [2.75, 3.05) is 0 Å². The summed E-state index contributed by atoms with van der Waals surface area (Å²) < 4.78 is 0. The van der Waals surface area contributed by atoms with Gasteiger partial charge < -0.3 is 14.4 Å². The Bertz CT molecular complexity index is 30.4. The first-order valence-electron chi connectivity index (χ1n) is 0.801. The van der Waals surface area contributed by atoms with Gasteiger partial charge >= 0.3 is 60.8 Å². The number of rotatable bonds is 0. The van der Waals surface area contributed by atoms with E-state index in [2.05, 4.69) is 11.1 Å². The Hall–Kier alpha value is 2.41. The van der Waals surface area contributed by atoms with E-state index in [-0.39, 0.29) is 60.8 Å². The van der Waals surface area contributed by atoms with E-state index in [9.17, 15) is 0 Å². The van der Waals surface area contributed by atoms with Crippen molar-refractivity contribution in [1.29, 1.82) is 0 Å². The van der Waals surface area contributed by atoms with Crippen LogP contribution in [-0.4, -0.2) is 68.9 Å². The molecule has 0 atom stereocenters. The minimum Gasteiger partial charge on any atom is -0.870 e. The molecule has 7 heavy (non-hydrogen) atoms. The third-order valence-electron chi connectivity index (χ3n) is 0. The second kappa shape index (κ2) is 6.53. The largest absolute Gasteiger partial charge is 2.00 e. The maximum atomic E-state index is 8.90. The van der Waals surface area contributed by atoms with E-state index < -0.39 is 8.11 Å². The number of halogens is 1. The smallest absolute Gasteiger partial charge is 0.870 e. The van der Waals surface area contributed by atoms with Gasteiger partial charge in [-0.3, -0.25) is 0 Å². The van der Waals surface area contributed by atoms with Crippen LogP contribution in [0.4, 0.5) is 0 Å². The molecule has 0 radical (unpaired) electrons. The molecule has 0 heterocycles. The number of hydrogen-bond donors (Lipinski definition) is 0. The summed E-state index contributed by atoms with van der Waals surface area (Å²) in [6, 6.07) is 0. The van der Waals surface area contributed by atoms with Gasteiger partial charge in [0.25, 0.3) is 0 Å². The van der Waals surface area contributed by atoms with Gasteiger partial charge in [0.05, 0.1) is 0 Å². The van der Waals surface area contributed by atoms with Crippen molar-refractivity contribution in [3.05, 3.63) is 0 Å². The van der Waals surface area contributed by atoms with Gasteiger partial charge in [-0.2, -0.15) is 8.11 Å². The standard InChI is InChI=1S/Ca.ClO3Si.Mg/c;1-5(2,3)4;/q+2;-3;+2. The summed E-state index contributed by atoms with van der Waals surface area (Å²) in [7, 11) is -4.89. The fourth-order valence-corrected chi connectivity index (χ4v) is 0. The van der Waals surface area contributed by atoms with E-state index in [4.69, 9.17) is 14.4 Å². The minimum absolute atomic E-state index is 0. The maximum Gasteiger partial charge on any atom is 2.00 e. The summed E-state index contributed by atoms with van der Waals surface area (Å²) >= 11 is 4.00. The van der Waals surface area contributed by atoms with Crippen molar-refractivity contribution in [2.24, 2.45) is 0 Å². The summed E-state index contributed by atoms with van der Waals surface area (Å²) in [6.07, 6.45) is 0. The molecule has 32 valence electrons. The van der Waals surface area contributed by atoms with Crippen LogP contribution in [0.1, 0.15) is 0 Å². The Balaban J connectivity index is -0.0000000800. The maximum absolute atomic E-state index is 8.90. The molecule has 0 saturated carbocycles. The van der Waals surface area contributed by atoms with Crippen molar-refractivity contribution in [3.63, 3.8) is 0 Å². The molecule has 0 saturated heterocycles.